The van der Waals surface area contributed by atoms with E-state index in [9.17, 15) is 0 Å². The number of nitrogens with one attached hydrogen (secondary N) is 1. The topological polar surface area (TPSA) is 63.2 Å². The van der Waals surface area contributed by atoms with Crippen molar-refractivity contribution in [2.75, 3.05) is 36.5 Å². The molecule has 0 saturated carbocycles. The van der Waals surface area contributed by atoms with Gasteiger partial charge in [0.1, 0.15) is 5.82 Å². The van der Waals surface area contributed by atoms with Crippen LogP contribution < -0.4 is 10.2 Å². The SMILES string of the molecule is c1ccc(CNc2nc(N3CCOCC3)nc3cc(-c4ccc5ccccc5c4)ccc23)nc1. The van der Waals surface area contributed by atoms with Crippen molar-refractivity contribution in [2.24, 2.45) is 0 Å². The van der Waals surface area contributed by atoms with E-state index < -0.39 is 0 Å². The van der Waals surface area contributed by atoms with E-state index in [0.29, 0.717) is 19.8 Å². The number of ether oxygens (including phenoxy) is 1. The highest BCUT2D eigenvalue weighted by atomic mass is 16.5. The van der Waals surface area contributed by atoms with Gasteiger partial charge < -0.3 is 15.0 Å². The van der Waals surface area contributed by atoms with E-state index in [1.54, 1.807) is 0 Å². The lowest BCUT2D eigenvalue weighted by Gasteiger charge is -2.27. The van der Waals surface area contributed by atoms with Crippen molar-refractivity contribution >= 4 is 33.4 Å². The second kappa shape index (κ2) is 9.08. The first kappa shape index (κ1) is 20.6. The minimum absolute atomic E-state index is 0.599. The van der Waals surface area contributed by atoms with Crippen molar-refractivity contribution in [3.8, 4) is 11.1 Å². The molecule has 1 fully saturated rings. The number of pyridine rings is 1. The van der Waals surface area contributed by atoms with Crippen molar-refractivity contribution in [1.29, 1.82) is 0 Å². The summed E-state index contributed by atoms with van der Waals surface area (Å²) in [6.45, 7) is 3.55. The Morgan fingerprint density at radius 3 is 2.44 bits per heavy atom. The molecule has 3 heterocycles. The Labute approximate surface area is 198 Å². The highest BCUT2D eigenvalue weighted by molar-refractivity contribution is 5.94. The summed E-state index contributed by atoms with van der Waals surface area (Å²) in [5, 5.41) is 6.96. The van der Waals surface area contributed by atoms with Gasteiger partial charge in [-0.25, -0.2) is 4.98 Å². The molecule has 0 spiro atoms. The first-order valence-electron chi connectivity index (χ1n) is 11.6. The Morgan fingerprint density at radius 1 is 0.794 bits per heavy atom. The molecule has 5 aromatic rings. The second-order valence-corrected chi connectivity index (χ2v) is 8.44. The lowest BCUT2D eigenvalue weighted by molar-refractivity contribution is 0.122. The Hall–Kier alpha value is -4.03. The smallest absolute Gasteiger partial charge is 0.228 e. The summed E-state index contributed by atoms with van der Waals surface area (Å²) in [6.07, 6.45) is 1.81. The predicted octanol–water partition coefficient (Wildman–Crippen LogP) is 5.29. The maximum absolute atomic E-state index is 5.54. The van der Waals surface area contributed by atoms with E-state index in [1.165, 1.54) is 16.3 Å². The molecule has 0 radical (unpaired) electrons. The van der Waals surface area contributed by atoms with E-state index in [1.807, 2.05) is 24.4 Å². The maximum atomic E-state index is 5.54. The fourth-order valence-electron chi connectivity index (χ4n) is 4.38. The molecule has 0 aliphatic carbocycles. The molecule has 1 saturated heterocycles. The molecule has 3 aromatic carbocycles. The van der Waals surface area contributed by atoms with Crippen molar-refractivity contribution in [1.82, 2.24) is 15.0 Å². The van der Waals surface area contributed by atoms with Crippen LogP contribution in [0.25, 0.3) is 32.8 Å². The Kier molecular flexibility index (Phi) is 5.49. The first-order chi connectivity index (χ1) is 16.8. The van der Waals surface area contributed by atoms with Crippen molar-refractivity contribution < 1.29 is 4.74 Å². The molecule has 0 amide bonds. The molecule has 6 rings (SSSR count). The van der Waals surface area contributed by atoms with Crippen LogP contribution in [-0.4, -0.2) is 41.3 Å². The minimum atomic E-state index is 0.599. The average molecular weight is 448 g/mol. The van der Waals surface area contributed by atoms with Crippen LogP contribution in [0.15, 0.2) is 85.1 Å². The third kappa shape index (κ3) is 4.16. The van der Waals surface area contributed by atoms with E-state index in [4.69, 9.17) is 14.7 Å². The van der Waals surface area contributed by atoms with Crippen LogP contribution >= 0.6 is 0 Å². The van der Waals surface area contributed by atoms with E-state index in [2.05, 4.69) is 75.9 Å². The summed E-state index contributed by atoms with van der Waals surface area (Å²) in [5.74, 6) is 1.55. The van der Waals surface area contributed by atoms with Gasteiger partial charge in [0.2, 0.25) is 5.95 Å². The van der Waals surface area contributed by atoms with Crippen molar-refractivity contribution in [3.05, 3.63) is 90.8 Å². The van der Waals surface area contributed by atoms with Crippen LogP contribution in [0.4, 0.5) is 11.8 Å². The van der Waals surface area contributed by atoms with E-state index in [0.717, 1.165) is 47.0 Å². The number of hydrogen-bond acceptors (Lipinski definition) is 6. The lowest BCUT2D eigenvalue weighted by atomic mass is 10.0. The maximum Gasteiger partial charge on any atom is 0.228 e. The molecule has 1 aliphatic rings. The van der Waals surface area contributed by atoms with Gasteiger partial charge in [-0.15, -0.1) is 0 Å². The van der Waals surface area contributed by atoms with E-state index >= 15 is 0 Å². The van der Waals surface area contributed by atoms with Crippen LogP contribution in [0, 0.1) is 0 Å². The quantitative estimate of drug-likeness (QED) is 0.395. The zero-order valence-corrected chi connectivity index (χ0v) is 18.8. The van der Waals surface area contributed by atoms with Gasteiger partial charge in [0.15, 0.2) is 0 Å². The standard InChI is InChI=1S/C28H25N5O/c1-2-6-21-17-22(9-8-20(21)5-1)23-10-11-25-26(18-23)31-28(33-13-15-34-16-14-33)32-27(25)30-19-24-7-3-4-12-29-24/h1-12,17-18H,13-16,19H2,(H,30,31,32). The van der Waals surface area contributed by atoms with Crippen LogP contribution in [0.1, 0.15) is 5.69 Å². The zero-order valence-electron chi connectivity index (χ0n) is 18.8. The molecule has 0 bridgehead atoms. The lowest BCUT2D eigenvalue weighted by Crippen LogP contribution is -2.37. The van der Waals surface area contributed by atoms with Gasteiger partial charge in [0, 0.05) is 24.7 Å². The Bertz CT molecular complexity index is 1450. The number of aromatic nitrogens is 3. The van der Waals surface area contributed by atoms with Gasteiger partial charge >= 0.3 is 0 Å². The third-order valence-corrected chi connectivity index (χ3v) is 6.22. The molecule has 34 heavy (non-hydrogen) atoms. The van der Waals surface area contributed by atoms with Gasteiger partial charge in [-0.3, -0.25) is 4.98 Å². The fraction of sp³-hybridized carbons (Fsp3) is 0.179. The van der Waals surface area contributed by atoms with Crippen LogP contribution in [0.5, 0.6) is 0 Å². The summed E-state index contributed by atoms with van der Waals surface area (Å²) < 4.78 is 5.54. The van der Waals surface area contributed by atoms with Crippen LogP contribution in [-0.2, 0) is 11.3 Å². The third-order valence-electron chi connectivity index (χ3n) is 6.22. The monoisotopic (exact) mass is 447 g/mol. The summed E-state index contributed by atoms with van der Waals surface area (Å²) in [5.41, 5.74) is 4.20. The van der Waals surface area contributed by atoms with Gasteiger partial charge in [-0.05, 0) is 52.2 Å². The number of rotatable bonds is 5. The van der Waals surface area contributed by atoms with Gasteiger partial charge in [-0.1, -0.05) is 48.5 Å². The number of anilines is 2. The van der Waals surface area contributed by atoms with Crippen LogP contribution in [0.2, 0.25) is 0 Å². The normalized spacial score (nSPS) is 13.9. The number of benzene rings is 3. The molecular formula is C28H25N5O. The largest absolute Gasteiger partial charge is 0.378 e. The molecule has 0 atom stereocenters. The molecule has 0 unspecified atom stereocenters. The average Bonchev–Trinajstić information content (AvgIpc) is 2.92. The summed E-state index contributed by atoms with van der Waals surface area (Å²) in [4.78, 5) is 16.5. The number of fused-ring (bicyclic) bond motifs is 2. The molecule has 1 aliphatic heterocycles. The van der Waals surface area contributed by atoms with Gasteiger partial charge in [0.05, 0.1) is 31.0 Å². The fourth-order valence-corrected chi connectivity index (χ4v) is 4.38. The molecule has 1 N–H and O–H groups in total. The molecular weight excluding hydrogens is 422 g/mol. The van der Waals surface area contributed by atoms with Crippen molar-refractivity contribution in [3.63, 3.8) is 0 Å². The number of morpholine rings is 1. The second-order valence-electron chi connectivity index (χ2n) is 8.44. The number of nitrogens with zero attached hydrogens (tertiary/aromatic N) is 4. The highest BCUT2D eigenvalue weighted by Crippen LogP contribution is 2.30. The minimum Gasteiger partial charge on any atom is -0.378 e. The van der Waals surface area contributed by atoms with Gasteiger partial charge in [0.25, 0.3) is 0 Å². The zero-order chi connectivity index (χ0) is 22.7. The molecule has 6 heteroatoms. The van der Waals surface area contributed by atoms with Gasteiger partial charge in [-0.2, -0.15) is 4.98 Å². The highest BCUT2D eigenvalue weighted by Gasteiger charge is 2.17. The summed E-state index contributed by atoms with van der Waals surface area (Å²) in [7, 11) is 0. The van der Waals surface area contributed by atoms with Crippen LogP contribution in [0.3, 0.4) is 0 Å². The predicted molar refractivity (Wildman–Crippen MR) is 137 cm³/mol. The number of hydrogen-bond donors (Lipinski definition) is 1. The first-order valence-corrected chi connectivity index (χ1v) is 11.6. The Balaban J connectivity index is 1.41. The Morgan fingerprint density at radius 2 is 1.59 bits per heavy atom. The molecule has 6 nitrogen and oxygen atoms in total. The molecule has 2 aromatic heterocycles. The summed E-state index contributed by atoms with van der Waals surface area (Å²) >= 11 is 0. The summed E-state index contributed by atoms with van der Waals surface area (Å²) in [6, 6.07) is 27.4. The molecule has 168 valence electrons. The van der Waals surface area contributed by atoms with E-state index in [-0.39, 0.29) is 0 Å². The van der Waals surface area contributed by atoms with Crippen molar-refractivity contribution in [2.45, 2.75) is 6.54 Å².